The number of halogens is 3. The van der Waals surface area contributed by atoms with Crippen LogP contribution in [0.3, 0.4) is 0 Å². The highest BCUT2D eigenvalue weighted by Gasteiger charge is 2.49. The molecule has 0 N–H and O–H groups in total. The van der Waals surface area contributed by atoms with Gasteiger partial charge in [-0.15, -0.1) is 0 Å². The van der Waals surface area contributed by atoms with Gasteiger partial charge < -0.3 is 8.92 Å². The molecule has 0 aliphatic heterocycles. The van der Waals surface area contributed by atoms with E-state index in [1.807, 2.05) is 0 Å². The number of aromatic nitrogens is 3. The number of alkyl halides is 3. The van der Waals surface area contributed by atoms with E-state index >= 15 is 0 Å². The smallest absolute Gasteiger partial charge is 0.462 e. The highest BCUT2D eigenvalue weighted by atomic mass is 32.2. The maximum Gasteiger partial charge on any atom is 0.534 e. The first-order chi connectivity index (χ1) is 13.3. The van der Waals surface area contributed by atoms with Crippen LogP contribution in [0.1, 0.15) is 62.5 Å². The van der Waals surface area contributed by atoms with Crippen molar-refractivity contribution < 1.29 is 35.3 Å². The van der Waals surface area contributed by atoms with Gasteiger partial charge in [0.15, 0.2) is 5.65 Å². The number of hydrogen-bond acceptors (Lipinski definition) is 7. The van der Waals surface area contributed by atoms with E-state index in [9.17, 15) is 26.4 Å². The molecule has 0 unspecified atom stereocenters. The van der Waals surface area contributed by atoms with Gasteiger partial charge >= 0.3 is 21.6 Å². The molecule has 160 valence electrons. The van der Waals surface area contributed by atoms with E-state index in [2.05, 4.69) is 14.3 Å². The van der Waals surface area contributed by atoms with Gasteiger partial charge in [-0.25, -0.2) is 9.48 Å². The van der Waals surface area contributed by atoms with Gasteiger partial charge in [0.25, 0.3) is 0 Å². The van der Waals surface area contributed by atoms with E-state index in [0.29, 0.717) is 11.1 Å². The molecule has 2 aromatic heterocycles. The average molecular weight is 435 g/mol. The van der Waals surface area contributed by atoms with Crippen LogP contribution in [0, 0.1) is 0 Å². The minimum absolute atomic E-state index is 0.0197. The number of nitrogens with zero attached hydrogens (tertiary/aromatic N) is 3. The van der Waals surface area contributed by atoms with Gasteiger partial charge in [-0.2, -0.15) is 31.7 Å². The highest BCUT2D eigenvalue weighted by Crippen LogP contribution is 2.44. The molecule has 1 fully saturated rings. The number of ether oxygens (including phenoxy) is 1. The fourth-order valence-electron chi connectivity index (χ4n) is 2.80. The third-order valence-corrected chi connectivity index (χ3v) is 5.17. The molecule has 0 spiro atoms. The number of pyridine rings is 1. The number of fused-ring (bicyclic) bond motifs is 1. The van der Waals surface area contributed by atoms with E-state index < -0.39 is 33.0 Å². The van der Waals surface area contributed by atoms with Crippen LogP contribution < -0.4 is 4.18 Å². The van der Waals surface area contributed by atoms with Crippen LogP contribution in [0.5, 0.6) is 5.88 Å². The van der Waals surface area contributed by atoms with E-state index in [1.54, 1.807) is 27.7 Å². The summed E-state index contributed by atoms with van der Waals surface area (Å²) in [5, 5.41) is 4.86. The molecule has 0 bridgehead atoms. The van der Waals surface area contributed by atoms with Crippen molar-refractivity contribution in [3.8, 4) is 5.88 Å². The van der Waals surface area contributed by atoms with Gasteiger partial charge in [0.1, 0.15) is 0 Å². The van der Waals surface area contributed by atoms with Crippen molar-refractivity contribution in [2.45, 2.75) is 57.5 Å². The van der Waals surface area contributed by atoms with E-state index in [1.165, 1.54) is 4.68 Å². The molecule has 0 atom stereocenters. The summed E-state index contributed by atoms with van der Waals surface area (Å²) in [5.41, 5.74) is -5.79. The Balaban J connectivity index is 2.29. The molecule has 2 heterocycles. The third-order valence-electron chi connectivity index (χ3n) is 4.21. The largest absolute Gasteiger partial charge is 0.534 e. The van der Waals surface area contributed by atoms with Crippen molar-refractivity contribution in [2.24, 2.45) is 0 Å². The zero-order valence-electron chi connectivity index (χ0n) is 16.2. The zero-order chi connectivity index (χ0) is 21.8. The Morgan fingerprint density at radius 3 is 2.38 bits per heavy atom. The molecule has 12 heteroatoms. The first-order valence-electron chi connectivity index (χ1n) is 8.88. The predicted molar refractivity (Wildman–Crippen MR) is 96.1 cm³/mol. The molecule has 0 aromatic carbocycles. The molecule has 0 amide bonds. The third kappa shape index (κ3) is 4.02. The van der Waals surface area contributed by atoms with E-state index in [0.717, 1.165) is 18.9 Å². The first-order valence-corrected chi connectivity index (χ1v) is 10.3. The van der Waals surface area contributed by atoms with Crippen molar-refractivity contribution in [1.82, 2.24) is 14.8 Å². The molecule has 3 rings (SSSR count). The summed E-state index contributed by atoms with van der Waals surface area (Å²) in [7, 11) is -5.96. The standard InChI is InChI=1S/C17H20F3N3O5S/c1-5-27-15(24)10-8-11(28-29(25,26)17(18,19)20)21-14-12(10)13(9-6-7-9)22-23(14)16(2,3)4/h8-9H,5-7H2,1-4H3. The minimum atomic E-state index is -5.96. The Morgan fingerprint density at radius 1 is 1.28 bits per heavy atom. The van der Waals surface area contributed by atoms with Gasteiger partial charge in [0.2, 0.25) is 5.88 Å². The summed E-state index contributed by atoms with van der Waals surface area (Å²) < 4.78 is 71.8. The van der Waals surface area contributed by atoms with Gasteiger partial charge in [-0.3, -0.25) is 0 Å². The maximum absolute atomic E-state index is 12.7. The lowest BCUT2D eigenvalue weighted by atomic mass is 10.1. The van der Waals surface area contributed by atoms with Crippen LogP contribution in [0.4, 0.5) is 13.2 Å². The second kappa shape index (κ2) is 6.85. The number of esters is 1. The summed E-state index contributed by atoms with van der Waals surface area (Å²) in [6.45, 7) is 6.97. The summed E-state index contributed by atoms with van der Waals surface area (Å²) in [5.74, 6) is -1.63. The topological polar surface area (TPSA) is 100 Å². The molecule has 1 aliphatic rings. The van der Waals surface area contributed by atoms with Crippen LogP contribution in [0.2, 0.25) is 0 Å². The summed E-state index contributed by atoms with van der Waals surface area (Å²) >= 11 is 0. The number of carbonyl (C=O) groups is 1. The SMILES string of the molecule is CCOC(=O)c1cc(OS(=O)(=O)C(F)(F)F)nc2c1c(C1CC1)nn2C(C)(C)C. The molecular formula is C17H20F3N3O5S. The van der Waals surface area contributed by atoms with Crippen LogP contribution in [0.25, 0.3) is 11.0 Å². The number of rotatable bonds is 5. The molecule has 29 heavy (non-hydrogen) atoms. The Bertz CT molecular complexity index is 1070. The molecule has 8 nitrogen and oxygen atoms in total. The van der Waals surface area contributed by atoms with Crippen LogP contribution in [0.15, 0.2) is 6.07 Å². The molecular weight excluding hydrogens is 415 g/mol. The first kappa shape index (κ1) is 21.3. The lowest BCUT2D eigenvalue weighted by molar-refractivity contribution is -0.0501. The molecule has 0 saturated heterocycles. The Kier molecular flexibility index (Phi) is 5.04. The molecule has 2 aromatic rings. The molecule has 1 aliphatic carbocycles. The fraction of sp³-hybridized carbons (Fsp3) is 0.588. The monoisotopic (exact) mass is 435 g/mol. The van der Waals surface area contributed by atoms with E-state index in [4.69, 9.17) is 4.74 Å². The van der Waals surface area contributed by atoms with Gasteiger partial charge in [0.05, 0.1) is 28.8 Å². The van der Waals surface area contributed by atoms with Crippen LogP contribution >= 0.6 is 0 Å². The Hall–Kier alpha value is -2.37. The number of carbonyl (C=O) groups excluding carboxylic acids is 1. The second-order valence-corrected chi connectivity index (χ2v) is 9.19. The maximum atomic E-state index is 12.7. The van der Waals surface area contributed by atoms with Crippen LogP contribution in [-0.4, -0.2) is 41.3 Å². The summed E-state index contributed by atoms with van der Waals surface area (Å²) in [6, 6.07) is 0.851. The highest BCUT2D eigenvalue weighted by molar-refractivity contribution is 7.87. The normalized spacial score (nSPS) is 15.6. The number of hydrogen-bond donors (Lipinski definition) is 0. The van der Waals surface area contributed by atoms with Crippen molar-refractivity contribution in [3.05, 3.63) is 17.3 Å². The van der Waals surface area contributed by atoms with Crippen molar-refractivity contribution in [2.75, 3.05) is 6.61 Å². The van der Waals surface area contributed by atoms with Crippen molar-refractivity contribution >= 4 is 27.1 Å². The van der Waals surface area contributed by atoms with E-state index in [-0.39, 0.29) is 23.7 Å². The minimum Gasteiger partial charge on any atom is -0.462 e. The lowest BCUT2D eigenvalue weighted by Gasteiger charge is -2.20. The van der Waals surface area contributed by atoms with Gasteiger partial charge in [0, 0.05) is 12.0 Å². The predicted octanol–water partition coefficient (Wildman–Crippen LogP) is 3.47. The van der Waals surface area contributed by atoms with Crippen LogP contribution in [-0.2, 0) is 20.4 Å². The average Bonchev–Trinajstić information content (AvgIpc) is 3.32. The zero-order valence-corrected chi connectivity index (χ0v) is 17.0. The van der Waals surface area contributed by atoms with Crippen molar-refractivity contribution in [3.63, 3.8) is 0 Å². The fourth-order valence-corrected chi connectivity index (χ4v) is 3.21. The molecule has 0 radical (unpaired) electrons. The second-order valence-electron chi connectivity index (χ2n) is 7.65. The quantitative estimate of drug-likeness (QED) is 0.403. The van der Waals surface area contributed by atoms with Gasteiger partial charge in [-0.1, -0.05) is 0 Å². The lowest BCUT2D eigenvalue weighted by Crippen LogP contribution is -2.28. The summed E-state index contributed by atoms with van der Waals surface area (Å²) in [6.07, 6.45) is 1.69. The van der Waals surface area contributed by atoms with Gasteiger partial charge in [-0.05, 0) is 40.5 Å². The summed E-state index contributed by atoms with van der Waals surface area (Å²) in [4.78, 5) is 16.5. The molecule has 1 saturated carbocycles. The van der Waals surface area contributed by atoms with Crippen molar-refractivity contribution in [1.29, 1.82) is 0 Å². The Morgan fingerprint density at radius 2 is 1.90 bits per heavy atom. The Labute approximate surface area is 165 Å².